The smallest absolute Gasteiger partial charge is 0.316 e. The lowest BCUT2D eigenvalue weighted by atomic mass is 10.0. The van der Waals surface area contributed by atoms with E-state index in [1.54, 1.807) is 37.4 Å². The minimum absolute atomic E-state index is 0.00297. The van der Waals surface area contributed by atoms with E-state index < -0.39 is 11.2 Å². The second-order valence-corrected chi connectivity index (χ2v) is 8.17. The summed E-state index contributed by atoms with van der Waals surface area (Å²) in [6.45, 7) is 3.50. The van der Waals surface area contributed by atoms with Crippen molar-refractivity contribution < 1.29 is 24.2 Å². The molecule has 2 N–H and O–H groups in total. The molecule has 0 aliphatic carbocycles. The van der Waals surface area contributed by atoms with Gasteiger partial charge in [-0.25, -0.2) is 0 Å². The number of nitrogens with one attached hydrogen (secondary N) is 1. The first-order valence-corrected chi connectivity index (χ1v) is 10.2. The highest BCUT2D eigenvalue weighted by molar-refractivity contribution is 8.01. The van der Waals surface area contributed by atoms with Crippen LogP contribution in [-0.4, -0.2) is 40.9 Å². The zero-order valence-electron chi connectivity index (χ0n) is 15.3. The third kappa shape index (κ3) is 5.58. The fraction of sp³-hybridized carbons (Fsp3) is 0.316. The van der Waals surface area contributed by atoms with E-state index in [1.807, 2.05) is 6.92 Å². The van der Waals surface area contributed by atoms with Crippen molar-refractivity contribution in [3.63, 3.8) is 0 Å². The molecule has 2 rings (SSSR count). The number of benzene rings is 1. The zero-order chi connectivity index (χ0) is 20.0. The van der Waals surface area contributed by atoms with Crippen molar-refractivity contribution in [3.05, 3.63) is 46.3 Å². The maximum Gasteiger partial charge on any atom is 0.316 e. The van der Waals surface area contributed by atoms with Crippen molar-refractivity contribution in [2.75, 3.05) is 18.2 Å². The molecular formula is C19H21NO5S2. The maximum atomic E-state index is 12.9. The highest BCUT2D eigenvalue weighted by Gasteiger charge is 2.20. The number of carboxylic acid groups (broad SMARTS) is 1. The summed E-state index contributed by atoms with van der Waals surface area (Å²) in [5.41, 5.74) is 0.937. The van der Waals surface area contributed by atoms with Crippen molar-refractivity contribution in [2.24, 2.45) is 0 Å². The minimum Gasteiger partial charge on any atom is -0.497 e. The third-order valence-electron chi connectivity index (χ3n) is 3.79. The van der Waals surface area contributed by atoms with Crippen molar-refractivity contribution in [1.82, 2.24) is 0 Å². The number of thioether (sulfide) groups is 1. The number of anilines is 1. The van der Waals surface area contributed by atoms with E-state index in [9.17, 15) is 14.4 Å². The van der Waals surface area contributed by atoms with Gasteiger partial charge >= 0.3 is 5.97 Å². The number of aryl methyl sites for hydroxylation is 1. The van der Waals surface area contributed by atoms with Gasteiger partial charge in [0, 0.05) is 10.4 Å². The van der Waals surface area contributed by atoms with Crippen molar-refractivity contribution in [1.29, 1.82) is 0 Å². The van der Waals surface area contributed by atoms with Gasteiger partial charge in [0.2, 0.25) is 5.91 Å². The topological polar surface area (TPSA) is 92.7 Å². The first-order chi connectivity index (χ1) is 12.8. The molecule has 2 aromatic rings. The number of carbonyl (C=O) groups excluding carboxylic acids is 2. The summed E-state index contributed by atoms with van der Waals surface area (Å²) < 4.78 is 5.11. The predicted molar refractivity (Wildman–Crippen MR) is 108 cm³/mol. The van der Waals surface area contributed by atoms with Crippen molar-refractivity contribution in [2.45, 2.75) is 25.5 Å². The number of carbonyl (C=O) groups is 3. The van der Waals surface area contributed by atoms with Gasteiger partial charge in [0.05, 0.1) is 23.7 Å². The Morgan fingerprint density at radius 1 is 1.26 bits per heavy atom. The molecule has 0 aliphatic rings. The molecule has 0 saturated heterocycles. The molecule has 1 aromatic heterocycles. The van der Waals surface area contributed by atoms with E-state index in [4.69, 9.17) is 9.84 Å². The molecule has 0 bridgehead atoms. The summed E-state index contributed by atoms with van der Waals surface area (Å²) in [6, 6.07) is 8.58. The number of ketones is 1. The van der Waals surface area contributed by atoms with Crippen LogP contribution in [-0.2, 0) is 16.0 Å². The predicted octanol–water partition coefficient (Wildman–Crippen LogP) is 3.69. The Balaban J connectivity index is 2.17. The van der Waals surface area contributed by atoms with Gasteiger partial charge in [-0.1, -0.05) is 6.92 Å². The van der Waals surface area contributed by atoms with Gasteiger partial charge in [-0.05, 0) is 43.7 Å². The van der Waals surface area contributed by atoms with Crippen LogP contribution in [0.25, 0.3) is 0 Å². The summed E-state index contributed by atoms with van der Waals surface area (Å²) >= 11 is 2.39. The van der Waals surface area contributed by atoms with Gasteiger partial charge in [0.15, 0.2) is 5.78 Å². The molecule has 6 nitrogen and oxygen atoms in total. The Labute approximate surface area is 165 Å². The van der Waals surface area contributed by atoms with Gasteiger partial charge in [-0.3, -0.25) is 14.4 Å². The highest BCUT2D eigenvalue weighted by Crippen LogP contribution is 2.31. The Bertz CT molecular complexity index is 829. The lowest BCUT2D eigenvalue weighted by Gasteiger charge is -2.08. The second kappa shape index (κ2) is 9.57. The van der Waals surface area contributed by atoms with E-state index in [1.165, 1.54) is 18.3 Å². The largest absolute Gasteiger partial charge is 0.497 e. The number of ether oxygens (including phenoxy) is 1. The normalized spacial score (nSPS) is 11.7. The van der Waals surface area contributed by atoms with Gasteiger partial charge < -0.3 is 15.2 Å². The Morgan fingerprint density at radius 3 is 2.48 bits per heavy atom. The monoisotopic (exact) mass is 407 g/mol. The van der Waals surface area contributed by atoms with Gasteiger partial charge in [0.25, 0.3) is 0 Å². The number of rotatable bonds is 9. The number of aliphatic carboxylic acids is 1. The standard InChI is InChI=1S/C19H21NO5S2/c1-4-14-9-15(17(22)12-5-7-13(25-3)8-6-12)18(27-14)20-16(21)10-26-11(2)19(23)24/h5-9,11H,4,10H2,1-3H3,(H,20,21)(H,23,24). The number of hydrogen-bond acceptors (Lipinski definition) is 6. The fourth-order valence-electron chi connectivity index (χ4n) is 2.21. The van der Waals surface area contributed by atoms with Crippen LogP contribution in [0.2, 0.25) is 0 Å². The average Bonchev–Trinajstić information content (AvgIpc) is 3.08. The first kappa shape index (κ1) is 21.0. The third-order valence-corrected chi connectivity index (χ3v) is 6.12. The summed E-state index contributed by atoms with van der Waals surface area (Å²) in [7, 11) is 1.56. The second-order valence-electron chi connectivity index (χ2n) is 5.71. The van der Waals surface area contributed by atoms with E-state index >= 15 is 0 Å². The van der Waals surface area contributed by atoms with E-state index in [0.717, 1.165) is 23.1 Å². The number of carboxylic acids is 1. The minimum atomic E-state index is -0.965. The van der Waals surface area contributed by atoms with Crippen LogP contribution in [0.5, 0.6) is 5.75 Å². The van der Waals surface area contributed by atoms with Crippen molar-refractivity contribution in [3.8, 4) is 5.75 Å². The highest BCUT2D eigenvalue weighted by atomic mass is 32.2. The average molecular weight is 408 g/mol. The van der Waals surface area contributed by atoms with Gasteiger partial charge in [0.1, 0.15) is 10.8 Å². The molecule has 144 valence electrons. The molecule has 0 spiro atoms. The molecule has 1 unspecified atom stereocenters. The summed E-state index contributed by atoms with van der Waals surface area (Å²) in [5.74, 6) is -0.822. The van der Waals surface area contributed by atoms with E-state index in [-0.39, 0.29) is 17.4 Å². The van der Waals surface area contributed by atoms with Gasteiger partial charge in [-0.15, -0.1) is 23.1 Å². The molecule has 1 heterocycles. The number of amides is 1. The Morgan fingerprint density at radius 2 is 1.93 bits per heavy atom. The summed E-state index contributed by atoms with van der Waals surface area (Å²) in [5, 5.41) is 11.5. The lowest BCUT2D eigenvalue weighted by molar-refractivity contribution is -0.136. The molecule has 0 saturated carbocycles. The molecular weight excluding hydrogens is 386 g/mol. The van der Waals surface area contributed by atoms with Crippen LogP contribution in [0.1, 0.15) is 34.6 Å². The Kier molecular flexibility index (Phi) is 7.44. The van der Waals surface area contributed by atoms with Gasteiger partial charge in [-0.2, -0.15) is 0 Å². The van der Waals surface area contributed by atoms with Crippen LogP contribution in [0.3, 0.4) is 0 Å². The van der Waals surface area contributed by atoms with E-state index in [0.29, 0.717) is 21.9 Å². The molecule has 0 aliphatic heterocycles. The quantitative estimate of drug-likeness (QED) is 0.616. The van der Waals surface area contributed by atoms with Crippen LogP contribution in [0, 0.1) is 0 Å². The summed E-state index contributed by atoms with van der Waals surface area (Å²) in [6.07, 6.45) is 0.744. The van der Waals surface area contributed by atoms with Crippen LogP contribution < -0.4 is 10.1 Å². The Hall–Kier alpha value is -2.32. The molecule has 0 radical (unpaired) electrons. The molecule has 1 atom stereocenters. The molecule has 27 heavy (non-hydrogen) atoms. The lowest BCUT2D eigenvalue weighted by Crippen LogP contribution is -2.19. The number of methoxy groups -OCH3 is 1. The molecule has 1 aromatic carbocycles. The first-order valence-electron chi connectivity index (χ1n) is 8.31. The SMILES string of the molecule is CCc1cc(C(=O)c2ccc(OC)cc2)c(NC(=O)CSC(C)C(=O)O)s1. The van der Waals surface area contributed by atoms with Crippen LogP contribution in [0.4, 0.5) is 5.00 Å². The summed E-state index contributed by atoms with van der Waals surface area (Å²) in [4.78, 5) is 36.9. The zero-order valence-corrected chi connectivity index (χ0v) is 16.9. The van der Waals surface area contributed by atoms with E-state index in [2.05, 4.69) is 5.32 Å². The maximum absolute atomic E-state index is 12.9. The fourth-order valence-corrected chi connectivity index (χ4v) is 3.84. The molecule has 8 heteroatoms. The number of hydrogen-bond donors (Lipinski definition) is 2. The van der Waals surface area contributed by atoms with Crippen LogP contribution in [0.15, 0.2) is 30.3 Å². The van der Waals surface area contributed by atoms with Crippen molar-refractivity contribution >= 4 is 45.8 Å². The number of thiophene rings is 1. The molecule has 1 amide bonds. The van der Waals surface area contributed by atoms with Crippen LogP contribution >= 0.6 is 23.1 Å². The molecule has 0 fully saturated rings.